The van der Waals surface area contributed by atoms with Crippen LogP contribution in [0.25, 0.3) is 0 Å². The fraction of sp³-hybridized carbons (Fsp3) is 0.278. The standard InChI is InChI=1S/C18H19NO2/c1-4-15-6-5-7-17(19-12-20)16(15)11-21-18-9-8-13(2)10-14(18)3/h5-10H,4,11H2,1-3H3. The lowest BCUT2D eigenvalue weighted by atomic mass is 10.0. The molecule has 3 nitrogen and oxygen atoms in total. The number of nitrogens with zero attached hydrogens (tertiary/aromatic N) is 1. The third kappa shape index (κ3) is 3.59. The molecule has 0 atom stereocenters. The topological polar surface area (TPSA) is 38.7 Å². The molecule has 0 N–H and O–H groups in total. The summed E-state index contributed by atoms with van der Waals surface area (Å²) < 4.78 is 5.92. The lowest BCUT2D eigenvalue weighted by molar-refractivity contribution is 0.303. The fourth-order valence-electron chi connectivity index (χ4n) is 2.38. The van der Waals surface area contributed by atoms with Crippen molar-refractivity contribution < 1.29 is 9.53 Å². The Morgan fingerprint density at radius 2 is 2.00 bits per heavy atom. The molecule has 0 aliphatic rings. The largest absolute Gasteiger partial charge is 0.489 e. The second-order valence-corrected chi connectivity index (χ2v) is 5.03. The third-order valence-corrected chi connectivity index (χ3v) is 3.50. The molecule has 2 aromatic carbocycles. The molecule has 0 radical (unpaired) electrons. The minimum absolute atomic E-state index is 0.397. The van der Waals surface area contributed by atoms with Crippen LogP contribution in [0.1, 0.15) is 29.2 Å². The van der Waals surface area contributed by atoms with Gasteiger partial charge >= 0.3 is 0 Å². The Hall–Kier alpha value is -2.38. The van der Waals surface area contributed by atoms with Crippen molar-refractivity contribution in [2.45, 2.75) is 33.8 Å². The summed E-state index contributed by atoms with van der Waals surface area (Å²) in [6, 6.07) is 11.8. The number of benzene rings is 2. The van der Waals surface area contributed by atoms with Crippen LogP contribution in [0.15, 0.2) is 41.4 Å². The summed E-state index contributed by atoms with van der Waals surface area (Å²) in [7, 11) is 0. The fourth-order valence-corrected chi connectivity index (χ4v) is 2.38. The number of rotatable bonds is 5. The van der Waals surface area contributed by atoms with Crippen molar-refractivity contribution in [1.29, 1.82) is 0 Å². The number of ether oxygens (including phenoxy) is 1. The molecule has 0 amide bonds. The lowest BCUT2D eigenvalue weighted by Gasteiger charge is -2.13. The molecule has 108 valence electrons. The molecule has 2 aromatic rings. The molecular weight excluding hydrogens is 262 g/mol. The molecule has 0 heterocycles. The van der Waals surface area contributed by atoms with Crippen LogP contribution in [0.3, 0.4) is 0 Å². The number of isocyanates is 1. The highest BCUT2D eigenvalue weighted by molar-refractivity contribution is 5.56. The molecule has 0 aliphatic carbocycles. The summed E-state index contributed by atoms with van der Waals surface area (Å²) in [6.45, 7) is 6.55. The van der Waals surface area contributed by atoms with Gasteiger partial charge in [0.2, 0.25) is 6.08 Å². The predicted octanol–water partition coefficient (Wildman–Crippen LogP) is 4.41. The van der Waals surface area contributed by atoms with Gasteiger partial charge in [-0.1, -0.05) is 36.8 Å². The van der Waals surface area contributed by atoms with Crippen molar-refractivity contribution in [2.24, 2.45) is 4.99 Å². The van der Waals surface area contributed by atoms with Crippen LogP contribution >= 0.6 is 0 Å². The summed E-state index contributed by atoms with van der Waals surface area (Å²) in [5, 5.41) is 0. The molecule has 3 heteroatoms. The number of hydrogen-bond acceptors (Lipinski definition) is 3. The first-order chi connectivity index (χ1) is 10.2. The SMILES string of the molecule is CCc1cccc(N=C=O)c1COc1ccc(C)cc1C. The van der Waals surface area contributed by atoms with Crippen molar-refractivity contribution in [3.8, 4) is 5.75 Å². The molecule has 0 unspecified atom stereocenters. The van der Waals surface area contributed by atoms with Gasteiger partial charge in [0, 0.05) is 5.56 Å². The van der Waals surface area contributed by atoms with Gasteiger partial charge in [-0.3, -0.25) is 0 Å². The van der Waals surface area contributed by atoms with E-state index >= 15 is 0 Å². The number of aryl methyl sites for hydroxylation is 3. The quantitative estimate of drug-likeness (QED) is 0.601. The second-order valence-electron chi connectivity index (χ2n) is 5.03. The lowest BCUT2D eigenvalue weighted by Crippen LogP contribution is -2.01. The zero-order chi connectivity index (χ0) is 15.2. The van der Waals surface area contributed by atoms with E-state index in [1.165, 1.54) is 5.56 Å². The zero-order valence-electron chi connectivity index (χ0n) is 12.6. The molecule has 0 spiro atoms. The highest BCUT2D eigenvalue weighted by Gasteiger charge is 2.09. The molecule has 2 rings (SSSR count). The van der Waals surface area contributed by atoms with E-state index in [1.54, 1.807) is 6.08 Å². The van der Waals surface area contributed by atoms with Crippen molar-refractivity contribution >= 4 is 11.8 Å². The van der Waals surface area contributed by atoms with Crippen LogP contribution in [0.5, 0.6) is 5.75 Å². The second kappa shape index (κ2) is 6.87. The molecule has 0 aromatic heterocycles. The normalized spacial score (nSPS) is 10.0. The minimum Gasteiger partial charge on any atom is -0.489 e. The maximum Gasteiger partial charge on any atom is 0.240 e. The first-order valence-electron chi connectivity index (χ1n) is 7.04. The summed E-state index contributed by atoms with van der Waals surface area (Å²) in [6.07, 6.45) is 2.48. The van der Waals surface area contributed by atoms with Crippen molar-refractivity contribution in [3.63, 3.8) is 0 Å². The molecule has 0 bridgehead atoms. The molecular formula is C18H19NO2. The summed E-state index contributed by atoms with van der Waals surface area (Å²) in [5.41, 5.74) is 5.03. The number of hydrogen-bond donors (Lipinski definition) is 0. The first kappa shape index (κ1) is 15.0. The Morgan fingerprint density at radius 1 is 1.19 bits per heavy atom. The Morgan fingerprint density at radius 3 is 2.67 bits per heavy atom. The number of aliphatic imine (C=N–C) groups is 1. The highest BCUT2D eigenvalue weighted by atomic mass is 16.5. The van der Waals surface area contributed by atoms with Crippen LogP contribution in [0.2, 0.25) is 0 Å². The smallest absolute Gasteiger partial charge is 0.240 e. The van der Waals surface area contributed by atoms with Gasteiger partial charge in [-0.25, -0.2) is 4.79 Å². The van der Waals surface area contributed by atoms with Gasteiger partial charge in [-0.05, 0) is 43.5 Å². The average Bonchev–Trinajstić information content (AvgIpc) is 2.47. The van der Waals surface area contributed by atoms with Gasteiger partial charge < -0.3 is 4.74 Å². The van der Waals surface area contributed by atoms with Gasteiger partial charge in [0.05, 0.1) is 5.69 Å². The number of carbonyl (C=O) groups excluding carboxylic acids is 1. The summed E-state index contributed by atoms with van der Waals surface area (Å²) in [5.74, 6) is 0.854. The van der Waals surface area contributed by atoms with Gasteiger partial charge in [-0.15, -0.1) is 0 Å². The van der Waals surface area contributed by atoms with E-state index in [-0.39, 0.29) is 0 Å². The van der Waals surface area contributed by atoms with Crippen molar-refractivity contribution in [2.75, 3.05) is 0 Å². The molecule has 0 fully saturated rings. The van der Waals surface area contributed by atoms with Gasteiger partial charge in [0.25, 0.3) is 0 Å². The maximum absolute atomic E-state index is 10.6. The van der Waals surface area contributed by atoms with E-state index in [4.69, 9.17) is 4.74 Å². The minimum atomic E-state index is 0.397. The predicted molar refractivity (Wildman–Crippen MR) is 83.8 cm³/mol. The van der Waals surface area contributed by atoms with Crippen LogP contribution in [0.4, 0.5) is 5.69 Å². The molecule has 0 saturated heterocycles. The molecule has 0 saturated carbocycles. The third-order valence-electron chi connectivity index (χ3n) is 3.50. The van der Waals surface area contributed by atoms with E-state index in [0.717, 1.165) is 28.9 Å². The van der Waals surface area contributed by atoms with E-state index in [2.05, 4.69) is 24.9 Å². The van der Waals surface area contributed by atoms with Gasteiger partial charge in [0.1, 0.15) is 12.4 Å². The van der Waals surface area contributed by atoms with E-state index in [9.17, 15) is 4.79 Å². The zero-order valence-corrected chi connectivity index (χ0v) is 12.6. The maximum atomic E-state index is 10.6. The van der Waals surface area contributed by atoms with Crippen LogP contribution < -0.4 is 4.74 Å². The molecule has 0 aliphatic heterocycles. The summed E-state index contributed by atoms with van der Waals surface area (Å²) >= 11 is 0. The van der Waals surface area contributed by atoms with Crippen molar-refractivity contribution in [1.82, 2.24) is 0 Å². The van der Waals surface area contributed by atoms with Crippen molar-refractivity contribution in [3.05, 3.63) is 58.7 Å². The first-order valence-corrected chi connectivity index (χ1v) is 7.04. The Kier molecular flexibility index (Phi) is 4.91. The van der Waals surface area contributed by atoms with E-state index in [0.29, 0.717) is 12.3 Å². The highest BCUT2D eigenvalue weighted by Crippen LogP contribution is 2.26. The van der Waals surface area contributed by atoms with Crippen LogP contribution in [0, 0.1) is 13.8 Å². The summed E-state index contributed by atoms with van der Waals surface area (Å²) in [4.78, 5) is 14.3. The van der Waals surface area contributed by atoms with Gasteiger partial charge in [0.15, 0.2) is 0 Å². The monoisotopic (exact) mass is 281 g/mol. The Labute approximate surface area is 125 Å². The Balaban J connectivity index is 2.28. The average molecular weight is 281 g/mol. The van der Waals surface area contributed by atoms with Gasteiger partial charge in [-0.2, -0.15) is 4.99 Å². The molecule has 21 heavy (non-hydrogen) atoms. The van der Waals surface area contributed by atoms with E-state index in [1.807, 2.05) is 37.3 Å². The van der Waals surface area contributed by atoms with E-state index < -0.39 is 0 Å². The Bertz CT molecular complexity index is 686. The van der Waals surface area contributed by atoms with Crippen LogP contribution in [-0.4, -0.2) is 6.08 Å². The van der Waals surface area contributed by atoms with Crippen LogP contribution in [-0.2, 0) is 17.8 Å².